The third-order valence-corrected chi connectivity index (χ3v) is 7.63. The Labute approximate surface area is 194 Å². The fourth-order valence-corrected chi connectivity index (χ4v) is 5.11. The van der Waals surface area contributed by atoms with Gasteiger partial charge in [0.1, 0.15) is 0 Å². The molecule has 1 amide bonds. The molecule has 0 atom stereocenters. The molecule has 0 N–H and O–H groups in total. The number of carbonyl (C=O) groups is 1. The molecule has 0 aliphatic carbocycles. The van der Waals surface area contributed by atoms with Crippen LogP contribution in [0.3, 0.4) is 0 Å². The summed E-state index contributed by atoms with van der Waals surface area (Å²) in [7, 11) is -3.66. The predicted octanol–water partition coefficient (Wildman–Crippen LogP) is 3.05. The van der Waals surface area contributed by atoms with Crippen molar-refractivity contribution in [1.29, 1.82) is 0 Å². The van der Waals surface area contributed by atoms with Crippen LogP contribution in [0.15, 0.2) is 53.7 Å². The highest BCUT2D eigenvalue weighted by molar-refractivity contribution is 7.89. The molecule has 1 aromatic carbocycles. The van der Waals surface area contributed by atoms with Crippen LogP contribution in [-0.4, -0.2) is 64.5 Å². The van der Waals surface area contributed by atoms with E-state index in [9.17, 15) is 26.4 Å². The molecule has 12 heteroatoms. The Kier molecular flexibility index (Phi) is 6.21. The second-order valence-electron chi connectivity index (χ2n) is 7.97. The summed E-state index contributed by atoms with van der Waals surface area (Å²) in [5.74, 6) is -0.179. The van der Waals surface area contributed by atoms with Crippen molar-refractivity contribution >= 4 is 15.9 Å². The van der Waals surface area contributed by atoms with Gasteiger partial charge in [0.05, 0.1) is 27.9 Å². The minimum Gasteiger partial charge on any atom is -0.336 e. The maximum absolute atomic E-state index is 13.1. The summed E-state index contributed by atoms with van der Waals surface area (Å²) in [6, 6.07) is 8.69. The van der Waals surface area contributed by atoms with Crippen LogP contribution in [0.25, 0.3) is 5.82 Å². The molecule has 0 bridgehead atoms. The molecule has 1 fully saturated rings. The number of hydrogen-bond acceptors (Lipinski definition) is 5. The molecule has 1 aliphatic rings. The van der Waals surface area contributed by atoms with Crippen molar-refractivity contribution in [1.82, 2.24) is 24.0 Å². The number of nitrogens with zero attached hydrogens (tertiary/aromatic N) is 5. The fourth-order valence-electron chi connectivity index (χ4n) is 3.69. The van der Waals surface area contributed by atoms with Crippen LogP contribution < -0.4 is 0 Å². The van der Waals surface area contributed by atoms with E-state index in [1.807, 2.05) is 6.92 Å². The van der Waals surface area contributed by atoms with Crippen molar-refractivity contribution in [2.24, 2.45) is 0 Å². The average Bonchev–Trinajstić information content (AvgIpc) is 3.19. The van der Waals surface area contributed by atoms with Crippen LogP contribution in [0.5, 0.6) is 0 Å². The number of rotatable bonds is 4. The highest BCUT2D eigenvalue weighted by Crippen LogP contribution is 2.29. The van der Waals surface area contributed by atoms with E-state index in [4.69, 9.17) is 0 Å². The lowest BCUT2D eigenvalue weighted by molar-refractivity contribution is -0.137. The molecule has 0 spiro atoms. The SMILES string of the molecule is Cc1ccc(S(=O)(=O)N2CCN(C(=O)c3cnn(-c4ccc(C(F)(F)F)cn4)c3C)CC2)cc1. The van der Waals surface area contributed by atoms with Crippen LogP contribution in [0.2, 0.25) is 0 Å². The van der Waals surface area contributed by atoms with Crippen LogP contribution >= 0.6 is 0 Å². The second kappa shape index (κ2) is 8.84. The number of sulfonamides is 1. The van der Waals surface area contributed by atoms with Gasteiger partial charge in [0, 0.05) is 32.4 Å². The van der Waals surface area contributed by atoms with Crippen LogP contribution in [0, 0.1) is 13.8 Å². The van der Waals surface area contributed by atoms with Crippen molar-refractivity contribution < 1.29 is 26.4 Å². The second-order valence-corrected chi connectivity index (χ2v) is 9.91. The first-order valence-corrected chi connectivity index (χ1v) is 11.9. The molecule has 0 radical (unpaired) electrons. The molecule has 34 heavy (non-hydrogen) atoms. The third kappa shape index (κ3) is 4.55. The van der Waals surface area contributed by atoms with E-state index < -0.39 is 21.8 Å². The van der Waals surface area contributed by atoms with Crippen molar-refractivity contribution in [3.8, 4) is 5.82 Å². The standard InChI is InChI=1S/C22H22F3N5O3S/c1-15-3-6-18(7-4-15)34(32,33)29-11-9-28(10-12-29)21(31)19-14-27-30(16(19)2)20-8-5-17(13-26-20)22(23,24)25/h3-8,13-14H,9-12H2,1-2H3. The van der Waals surface area contributed by atoms with Gasteiger partial charge in [0.2, 0.25) is 10.0 Å². The maximum atomic E-state index is 13.1. The monoisotopic (exact) mass is 493 g/mol. The molecule has 4 rings (SSSR count). The van der Waals surface area contributed by atoms with Gasteiger partial charge >= 0.3 is 6.18 Å². The third-order valence-electron chi connectivity index (χ3n) is 5.72. The van der Waals surface area contributed by atoms with Gasteiger partial charge in [-0.15, -0.1) is 0 Å². The molecular formula is C22H22F3N5O3S. The Morgan fingerprint density at radius 3 is 2.15 bits per heavy atom. The minimum absolute atomic E-state index is 0.148. The lowest BCUT2D eigenvalue weighted by Crippen LogP contribution is -2.50. The number of alkyl halides is 3. The Hall–Kier alpha value is -3.25. The molecule has 180 valence electrons. The van der Waals surface area contributed by atoms with E-state index in [2.05, 4.69) is 10.1 Å². The van der Waals surface area contributed by atoms with Gasteiger partial charge in [-0.1, -0.05) is 17.7 Å². The largest absolute Gasteiger partial charge is 0.417 e. The number of amides is 1. The summed E-state index contributed by atoms with van der Waals surface area (Å²) in [4.78, 5) is 18.6. The van der Waals surface area contributed by atoms with Crippen molar-refractivity contribution in [3.63, 3.8) is 0 Å². The van der Waals surface area contributed by atoms with E-state index in [1.54, 1.807) is 31.2 Å². The molecule has 0 saturated carbocycles. The number of pyridine rings is 1. The first-order chi connectivity index (χ1) is 16.0. The number of aryl methyl sites for hydroxylation is 1. The van der Waals surface area contributed by atoms with Gasteiger partial charge in [0.15, 0.2) is 5.82 Å². The molecule has 1 aliphatic heterocycles. The minimum atomic E-state index is -4.50. The Morgan fingerprint density at radius 1 is 0.941 bits per heavy atom. The Morgan fingerprint density at radius 2 is 1.59 bits per heavy atom. The maximum Gasteiger partial charge on any atom is 0.417 e. The smallest absolute Gasteiger partial charge is 0.336 e. The summed E-state index contributed by atoms with van der Waals surface area (Å²) in [6.45, 7) is 4.20. The molecule has 0 unspecified atom stereocenters. The van der Waals surface area contributed by atoms with E-state index in [0.29, 0.717) is 11.9 Å². The Bertz CT molecular complexity index is 1300. The summed E-state index contributed by atoms with van der Waals surface area (Å²) >= 11 is 0. The fraction of sp³-hybridized carbons (Fsp3) is 0.318. The number of piperazine rings is 1. The first kappa shape index (κ1) is 23.9. The van der Waals surface area contributed by atoms with E-state index in [-0.39, 0.29) is 48.4 Å². The lowest BCUT2D eigenvalue weighted by Gasteiger charge is -2.34. The van der Waals surface area contributed by atoms with Crippen molar-refractivity contribution in [3.05, 3.63) is 71.2 Å². The topological polar surface area (TPSA) is 88.4 Å². The van der Waals surface area contributed by atoms with Gasteiger partial charge in [-0.2, -0.15) is 22.6 Å². The zero-order valence-electron chi connectivity index (χ0n) is 18.5. The van der Waals surface area contributed by atoms with Crippen LogP contribution in [0.4, 0.5) is 13.2 Å². The summed E-state index contributed by atoms with van der Waals surface area (Å²) in [5.41, 5.74) is 0.774. The quantitative estimate of drug-likeness (QED) is 0.558. The zero-order chi connectivity index (χ0) is 24.7. The summed E-state index contributed by atoms with van der Waals surface area (Å²) < 4.78 is 66.7. The van der Waals surface area contributed by atoms with Gasteiger partial charge in [-0.3, -0.25) is 4.79 Å². The van der Waals surface area contributed by atoms with Crippen LogP contribution in [-0.2, 0) is 16.2 Å². The van der Waals surface area contributed by atoms with Crippen LogP contribution in [0.1, 0.15) is 27.2 Å². The number of hydrogen-bond donors (Lipinski definition) is 0. The molecule has 3 aromatic rings. The molecule has 2 aromatic heterocycles. The molecule has 8 nitrogen and oxygen atoms in total. The summed E-state index contributed by atoms with van der Waals surface area (Å²) in [6.07, 6.45) is -2.45. The molecular weight excluding hydrogens is 471 g/mol. The average molecular weight is 494 g/mol. The van der Waals surface area contributed by atoms with E-state index in [1.165, 1.54) is 26.2 Å². The number of halogens is 3. The number of benzene rings is 1. The highest BCUT2D eigenvalue weighted by Gasteiger charge is 2.32. The highest BCUT2D eigenvalue weighted by atomic mass is 32.2. The van der Waals surface area contributed by atoms with Gasteiger partial charge in [0.25, 0.3) is 5.91 Å². The zero-order valence-corrected chi connectivity index (χ0v) is 19.3. The lowest BCUT2D eigenvalue weighted by atomic mass is 10.2. The van der Waals surface area contributed by atoms with Crippen molar-refractivity contribution in [2.75, 3.05) is 26.2 Å². The Balaban J connectivity index is 1.46. The normalized spacial score (nSPS) is 15.5. The van der Waals surface area contributed by atoms with E-state index in [0.717, 1.165) is 11.6 Å². The summed E-state index contributed by atoms with van der Waals surface area (Å²) in [5, 5.41) is 4.11. The number of carbonyl (C=O) groups excluding carboxylic acids is 1. The molecule has 3 heterocycles. The van der Waals surface area contributed by atoms with Gasteiger partial charge in [-0.05, 0) is 38.1 Å². The predicted molar refractivity (Wildman–Crippen MR) is 117 cm³/mol. The first-order valence-electron chi connectivity index (χ1n) is 10.4. The van der Waals surface area contributed by atoms with E-state index >= 15 is 0 Å². The van der Waals surface area contributed by atoms with Crippen molar-refractivity contribution in [2.45, 2.75) is 24.9 Å². The van der Waals surface area contributed by atoms with Gasteiger partial charge in [-0.25, -0.2) is 18.1 Å². The molecule has 1 saturated heterocycles. The van der Waals surface area contributed by atoms with Gasteiger partial charge < -0.3 is 4.90 Å². The number of aromatic nitrogens is 3.